The van der Waals surface area contributed by atoms with Crippen LogP contribution in [0.2, 0.25) is 0 Å². The Hall–Kier alpha value is -2.38. The zero-order valence-corrected chi connectivity index (χ0v) is 12.9. The van der Waals surface area contributed by atoms with Gasteiger partial charge in [-0.05, 0) is 31.5 Å². The molecule has 4 nitrogen and oxygen atoms in total. The Morgan fingerprint density at radius 2 is 2.26 bits per heavy atom. The lowest BCUT2D eigenvalue weighted by atomic mass is 9.92. The largest absolute Gasteiger partial charge is 0.453 e. The molecule has 3 aliphatic rings. The van der Waals surface area contributed by atoms with Gasteiger partial charge in [-0.1, -0.05) is 24.3 Å². The molecule has 1 unspecified atom stereocenters. The van der Waals surface area contributed by atoms with Crippen LogP contribution in [0.25, 0.3) is 0 Å². The lowest BCUT2D eigenvalue weighted by Crippen LogP contribution is -2.46. The molecule has 3 aliphatic heterocycles. The van der Waals surface area contributed by atoms with Crippen LogP contribution in [0.1, 0.15) is 24.8 Å². The van der Waals surface area contributed by atoms with E-state index in [0.29, 0.717) is 0 Å². The molecule has 4 heterocycles. The van der Waals surface area contributed by atoms with Gasteiger partial charge in [-0.3, -0.25) is 9.88 Å². The number of pyridine rings is 1. The van der Waals surface area contributed by atoms with Crippen molar-refractivity contribution < 1.29 is 9.53 Å². The van der Waals surface area contributed by atoms with Crippen molar-refractivity contribution >= 4 is 5.97 Å². The highest BCUT2D eigenvalue weighted by Crippen LogP contribution is 2.34. The van der Waals surface area contributed by atoms with Gasteiger partial charge in [0.15, 0.2) is 0 Å². The van der Waals surface area contributed by atoms with E-state index in [4.69, 9.17) is 4.74 Å². The molecular formula is C19H18N2O2. The average molecular weight is 306 g/mol. The summed E-state index contributed by atoms with van der Waals surface area (Å²) in [6, 6.07) is 4.09. The van der Waals surface area contributed by atoms with Gasteiger partial charge in [0.2, 0.25) is 0 Å². The number of aromatic nitrogens is 1. The second-order valence-electron chi connectivity index (χ2n) is 6.12. The van der Waals surface area contributed by atoms with E-state index < -0.39 is 0 Å². The van der Waals surface area contributed by atoms with Crippen LogP contribution in [-0.4, -0.2) is 41.1 Å². The minimum Gasteiger partial charge on any atom is -0.453 e. The Kier molecular flexibility index (Phi) is 3.72. The number of nitrogens with zero attached hydrogens (tertiary/aromatic N) is 2. The van der Waals surface area contributed by atoms with Crippen LogP contribution in [0, 0.1) is 11.8 Å². The van der Waals surface area contributed by atoms with E-state index in [-0.39, 0.29) is 18.1 Å². The molecule has 4 heteroatoms. The quantitative estimate of drug-likeness (QED) is 0.544. The van der Waals surface area contributed by atoms with E-state index in [1.807, 2.05) is 12.1 Å². The maximum Gasteiger partial charge on any atom is 0.331 e. The normalized spacial score (nSPS) is 26.7. The lowest BCUT2D eigenvalue weighted by molar-refractivity contribution is -0.141. The highest BCUT2D eigenvalue weighted by molar-refractivity contribution is 5.88. The molecule has 0 bridgehead atoms. The van der Waals surface area contributed by atoms with Crippen molar-refractivity contribution in [2.75, 3.05) is 13.1 Å². The van der Waals surface area contributed by atoms with Gasteiger partial charge >= 0.3 is 5.97 Å². The predicted octanol–water partition coefficient (Wildman–Crippen LogP) is 2.08. The van der Waals surface area contributed by atoms with Crippen LogP contribution in [0.3, 0.4) is 0 Å². The molecule has 1 aromatic rings. The zero-order chi connectivity index (χ0) is 15.6. The summed E-state index contributed by atoms with van der Waals surface area (Å²) in [5, 5.41) is 0. The number of piperidine rings is 1. The number of carbonyl (C=O) groups is 1. The molecule has 0 aliphatic carbocycles. The standard InChI is InChI=1S/C19H18N2O2/c22-18-12-16-15(7-6-14-4-3-9-20-13-14)8-11-21-10-2-1-5-17(21)19(16)23-18/h3-4,8-9,12-13,17,19H,1-2,5,10-11H2/t17-,19?/m1/s1. The number of fused-ring (bicyclic) bond motifs is 3. The Balaban J connectivity index is 1.68. The molecule has 0 radical (unpaired) electrons. The second kappa shape index (κ2) is 6.02. The monoisotopic (exact) mass is 306 g/mol. The van der Waals surface area contributed by atoms with E-state index in [2.05, 4.69) is 27.8 Å². The molecule has 2 atom stereocenters. The third-order valence-electron chi connectivity index (χ3n) is 4.68. The summed E-state index contributed by atoms with van der Waals surface area (Å²) in [4.78, 5) is 18.3. The zero-order valence-electron chi connectivity index (χ0n) is 12.9. The van der Waals surface area contributed by atoms with Gasteiger partial charge in [0.05, 0.1) is 6.04 Å². The molecule has 1 aromatic heterocycles. The number of ether oxygens (including phenoxy) is 1. The van der Waals surface area contributed by atoms with Crippen molar-refractivity contribution in [1.29, 1.82) is 0 Å². The van der Waals surface area contributed by atoms with Crippen molar-refractivity contribution in [1.82, 2.24) is 9.88 Å². The van der Waals surface area contributed by atoms with Gasteiger partial charge in [0.25, 0.3) is 0 Å². The molecule has 23 heavy (non-hydrogen) atoms. The first-order chi connectivity index (χ1) is 11.3. The van der Waals surface area contributed by atoms with E-state index in [0.717, 1.165) is 36.2 Å². The second-order valence-corrected chi connectivity index (χ2v) is 6.12. The van der Waals surface area contributed by atoms with E-state index in [9.17, 15) is 4.79 Å². The highest BCUT2D eigenvalue weighted by Gasteiger charge is 2.40. The molecule has 1 saturated heterocycles. The van der Waals surface area contributed by atoms with Gasteiger partial charge in [0.1, 0.15) is 6.10 Å². The van der Waals surface area contributed by atoms with Crippen LogP contribution >= 0.6 is 0 Å². The van der Waals surface area contributed by atoms with Crippen molar-refractivity contribution in [3.05, 3.63) is 53.4 Å². The number of carbonyl (C=O) groups excluding carboxylic acids is 1. The third-order valence-corrected chi connectivity index (χ3v) is 4.68. The number of rotatable bonds is 0. The molecule has 116 valence electrons. The third kappa shape index (κ3) is 2.80. The van der Waals surface area contributed by atoms with Crippen LogP contribution in [0.4, 0.5) is 0 Å². The summed E-state index contributed by atoms with van der Waals surface area (Å²) in [5.41, 5.74) is 2.73. The van der Waals surface area contributed by atoms with Gasteiger partial charge < -0.3 is 4.74 Å². The minimum atomic E-state index is -0.244. The maximum atomic E-state index is 11.8. The predicted molar refractivity (Wildman–Crippen MR) is 86.4 cm³/mol. The SMILES string of the molecule is O=C1C=C2C(C#Cc3cccnc3)=CCN3CCCC[C@@H]3C2O1. The highest BCUT2D eigenvalue weighted by atomic mass is 16.5. The molecule has 0 aromatic carbocycles. The Morgan fingerprint density at radius 3 is 3.13 bits per heavy atom. The van der Waals surface area contributed by atoms with Crippen LogP contribution in [0.15, 0.2) is 47.8 Å². The fourth-order valence-corrected chi connectivity index (χ4v) is 3.56. The summed E-state index contributed by atoms with van der Waals surface area (Å²) in [6.07, 6.45) is 10.5. The van der Waals surface area contributed by atoms with Gasteiger partial charge in [0, 0.05) is 41.7 Å². The summed E-state index contributed by atoms with van der Waals surface area (Å²) in [5.74, 6) is 6.12. The van der Waals surface area contributed by atoms with E-state index in [1.165, 1.54) is 12.8 Å². The Morgan fingerprint density at radius 1 is 1.30 bits per heavy atom. The summed E-state index contributed by atoms with van der Waals surface area (Å²) in [6.45, 7) is 1.93. The van der Waals surface area contributed by atoms with Crippen molar-refractivity contribution in [3.8, 4) is 11.8 Å². The number of hydrogen-bond acceptors (Lipinski definition) is 4. The average Bonchev–Trinajstić information content (AvgIpc) is 2.91. The minimum absolute atomic E-state index is 0.167. The van der Waals surface area contributed by atoms with Crippen molar-refractivity contribution in [2.45, 2.75) is 31.4 Å². The van der Waals surface area contributed by atoms with E-state index in [1.54, 1.807) is 18.5 Å². The first-order valence-electron chi connectivity index (χ1n) is 8.10. The molecule has 0 spiro atoms. The first kappa shape index (κ1) is 14.2. The Labute approximate surface area is 135 Å². The fraction of sp³-hybridized carbons (Fsp3) is 0.368. The summed E-state index contributed by atoms with van der Waals surface area (Å²) in [7, 11) is 0. The lowest BCUT2D eigenvalue weighted by Gasteiger charge is -2.36. The van der Waals surface area contributed by atoms with Crippen LogP contribution in [-0.2, 0) is 9.53 Å². The maximum absolute atomic E-state index is 11.8. The topological polar surface area (TPSA) is 42.4 Å². The van der Waals surface area contributed by atoms with Crippen molar-refractivity contribution in [2.24, 2.45) is 0 Å². The van der Waals surface area contributed by atoms with E-state index >= 15 is 0 Å². The molecule has 4 rings (SSSR count). The smallest absolute Gasteiger partial charge is 0.331 e. The molecule has 0 N–H and O–H groups in total. The fourth-order valence-electron chi connectivity index (χ4n) is 3.56. The molecule has 0 amide bonds. The first-order valence-corrected chi connectivity index (χ1v) is 8.10. The van der Waals surface area contributed by atoms with Crippen LogP contribution < -0.4 is 0 Å². The van der Waals surface area contributed by atoms with Crippen molar-refractivity contribution in [3.63, 3.8) is 0 Å². The van der Waals surface area contributed by atoms with Crippen LogP contribution in [0.5, 0.6) is 0 Å². The molecule has 1 fully saturated rings. The van der Waals surface area contributed by atoms with Gasteiger partial charge in [-0.15, -0.1) is 0 Å². The van der Waals surface area contributed by atoms with Gasteiger partial charge in [-0.25, -0.2) is 4.79 Å². The molecule has 0 saturated carbocycles. The number of hydrogen-bond donors (Lipinski definition) is 0. The summed E-state index contributed by atoms with van der Waals surface area (Å²) >= 11 is 0. The molecular weight excluding hydrogens is 288 g/mol. The summed E-state index contributed by atoms with van der Waals surface area (Å²) < 4.78 is 5.60. The van der Waals surface area contributed by atoms with Gasteiger partial charge in [-0.2, -0.15) is 0 Å². The Bertz CT molecular complexity index is 740. The number of esters is 1.